The van der Waals surface area contributed by atoms with Crippen LogP contribution in [0.4, 0.5) is 8.78 Å². The minimum absolute atomic E-state index is 0.148. The van der Waals surface area contributed by atoms with Gasteiger partial charge in [-0.2, -0.15) is 0 Å². The van der Waals surface area contributed by atoms with Crippen LogP contribution in [-0.2, 0) is 0 Å². The van der Waals surface area contributed by atoms with E-state index in [4.69, 9.17) is 0 Å². The first-order valence-corrected chi connectivity index (χ1v) is 6.77. The summed E-state index contributed by atoms with van der Waals surface area (Å²) in [6, 6.07) is 2.45. The van der Waals surface area contributed by atoms with Crippen LogP contribution in [0.15, 0.2) is 16.6 Å². The summed E-state index contributed by atoms with van der Waals surface area (Å²) in [5, 5.41) is 3.19. The molecule has 0 aliphatic rings. The van der Waals surface area contributed by atoms with Gasteiger partial charge < -0.3 is 5.32 Å². The third kappa shape index (κ3) is 3.75. The van der Waals surface area contributed by atoms with E-state index in [-0.39, 0.29) is 11.6 Å². The van der Waals surface area contributed by atoms with Crippen molar-refractivity contribution in [1.82, 2.24) is 5.32 Å². The van der Waals surface area contributed by atoms with E-state index in [0.717, 1.165) is 25.8 Å². The number of hydrogen-bond acceptors (Lipinski definition) is 1. The average molecular weight is 306 g/mol. The van der Waals surface area contributed by atoms with Crippen LogP contribution in [0.25, 0.3) is 0 Å². The van der Waals surface area contributed by atoms with E-state index in [9.17, 15) is 8.78 Å². The Bertz CT molecular complexity index is 369. The van der Waals surface area contributed by atoms with Crippen molar-refractivity contribution in [3.05, 3.63) is 33.8 Å². The Labute approximate surface area is 110 Å². The van der Waals surface area contributed by atoms with Crippen LogP contribution in [0.2, 0.25) is 0 Å². The Hall–Kier alpha value is -0.480. The molecule has 0 saturated carbocycles. The molecule has 0 fully saturated rings. The van der Waals surface area contributed by atoms with Crippen molar-refractivity contribution in [3.8, 4) is 0 Å². The molecule has 0 saturated heterocycles. The van der Waals surface area contributed by atoms with Gasteiger partial charge >= 0.3 is 0 Å². The zero-order valence-corrected chi connectivity index (χ0v) is 11.8. The van der Waals surface area contributed by atoms with E-state index in [0.29, 0.717) is 4.47 Å². The van der Waals surface area contributed by atoms with Crippen molar-refractivity contribution >= 4 is 15.9 Å². The van der Waals surface area contributed by atoms with Gasteiger partial charge in [0.25, 0.3) is 0 Å². The molecule has 0 radical (unpaired) electrons. The maximum absolute atomic E-state index is 13.9. The first kappa shape index (κ1) is 14.6. The highest BCUT2D eigenvalue weighted by atomic mass is 79.9. The van der Waals surface area contributed by atoms with Crippen LogP contribution in [0.5, 0.6) is 0 Å². The van der Waals surface area contributed by atoms with Gasteiger partial charge in [0.15, 0.2) is 0 Å². The molecule has 1 N–H and O–H groups in total. The van der Waals surface area contributed by atoms with E-state index in [1.54, 1.807) is 0 Å². The van der Waals surface area contributed by atoms with E-state index >= 15 is 0 Å². The molecule has 17 heavy (non-hydrogen) atoms. The highest BCUT2D eigenvalue weighted by molar-refractivity contribution is 9.10. The molecule has 1 unspecified atom stereocenters. The van der Waals surface area contributed by atoms with Crippen molar-refractivity contribution in [1.29, 1.82) is 0 Å². The molecule has 1 aromatic rings. The average Bonchev–Trinajstić information content (AvgIpc) is 2.31. The molecule has 0 aromatic heterocycles. The second-order valence-electron chi connectivity index (χ2n) is 4.05. The lowest BCUT2D eigenvalue weighted by Crippen LogP contribution is -2.24. The normalized spacial score (nSPS) is 12.8. The first-order chi connectivity index (χ1) is 8.11. The van der Waals surface area contributed by atoms with Gasteiger partial charge in [0.2, 0.25) is 0 Å². The van der Waals surface area contributed by atoms with Gasteiger partial charge in [-0.05, 0) is 47.4 Å². The Balaban J connectivity index is 3.03. The van der Waals surface area contributed by atoms with Gasteiger partial charge in [-0.1, -0.05) is 20.3 Å². The summed E-state index contributed by atoms with van der Waals surface area (Å²) in [4.78, 5) is 0. The third-order valence-electron chi connectivity index (χ3n) is 2.65. The van der Waals surface area contributed by atoms with Gasteiger partial charge in [0, 0.05) is 11.6 Å². The van der Waals surface area contributed by atoms with E-state index < -0.39 is 11.6 Å². The Morgan fingerprint density at radius 2 is 1.94 bits per heavy atom. The van der Waals surface area contributed by atoms with Crippen LogP contribution in [0.1, 0.15) is 44.7 Å². The van der Waals surface area contributed by atoms with Crippen LogP contribution in [0, 0.1) is 11.6 Å². The molecule has 1 atom stereocenters. The lowest BCUT2D eigenvalue weighted by Gasteiger charge is -2.20. The highest BCUT2D eigenvalue weighted by Crippen LogP contribution is 2.29. The standard InChI is InChI=1S/C13H18BrF2N/c1-3-5-11(17-8-4-2)12-10(15)7-6-9(14)13(12)16/h6-7,11,17H,3-5,8H2,1-2H3. The summed E-state index contributed by atoms with van der Waals surface area (Å²) in [6.45, 7) is 4.80. The largest absolute Gasteiger partial charge is 0.310 e. The Morgan fingerprint density at radius 3 is 2.53 bits per heavy atom. The highest BCUT2D eigenvalue weighted by Gasteiger charge is 2.20. The fraction of sp³-hybridized carbons (Fsp3) is 0.538. The zero-order valence-electron chi connectivity index (χ0n) is 10.2. The van der Waals surface area contributed by atoms with Crippen molar-refractivity contribution in [2.24, 2.45) is 0 Å². The molecule has 1 rings (SSSR count). The zero-order chi connectivity index (χ0) is 12.8. The Morgan fingerprint density at radius 1 is 1.24 bits per heavy atom. The number of nitrogens with one attached hydrogen (secondary N) is 1. The van der Waals surface area contributed by atoms with Gasteiger partial charge in [-0.25, -0.2) is 8.78 Å². The van der Waals surface area contributed by atoms with Gasteiger partial charge in [-0.15, -0.1) is 0 Å². The lowest BCUT2D eigenvalue weighted by molar-refractivity contribution is 0.441. The molecular formula is C13H18BrF2N. The summed E-state index contributed by atoms with van der Waals surface area (Å²) in [7, 11) is 0. The number of benzene rings is 1. The maximum Gasteiger partial charge on any atom is 0.145 e. The molecular weight excluding hydrogens is 288 g/mol. The van der Waals surface area contributed by atoms with Gasteiger partial charge in [0.05, 0.1) is 4.47 Å². The van der Waals surface area contributed by atoms with E-state index in [2.05, 4.69) is 21.2 Å². The monoisotopic (exact) mass is 305 g/mol. The van der Waals surface area contributed by atoms with Crippen molar-refractivity contribution in [2.45, 2.75) is 39.2 Å². The second kappa shape index (κ2) is 7.07. The molecule has 0 amide bonds. The molecule has 0 spiro atoms. The quantitative estimate of drug-likeness (QED) is 0.759. The van der Waals surface area contributed by atoms with Crippen LogP contribution >= 0.6 is 15.9 Å². The van der Waals surface area contributed by atoms with Crippen molar-refractivity contribution < 1.29 is 8.78 Å². The van der Waals surface area contributed by atoms with Gasteiger partial charge in [0.1, 0.15) is 11.6 Å². The molecule has 4 heteroatoms. The molecule has 96 valence electrons. The van der Waals surface area contributed by atoms with Crippen molar-refractivity contribution in [2.75, 3.05) is 6.54 Å². The third-order valence-corrected chi connectivity index (χ3v) is 3.26. The fourth-order valence-electron chi connectivity index (χ4n) is 1.82. The number of hydrogen-bond donors (Lipinski definition) is 1. The summed E-state index contributed by atoms with van der Waals surface area (Å²) in [5.74, 6) is -0.972. The first-order valence-electron chi connectivity index (χ1n) is 5.98. The second-order valence-corrected chi connectivity index (χ2v) is 4.91. The lowest BCUT2D eigenvalue weighted by atomic mass is 10.0. The molecule has 0 aliphatic heterocycles. The molecule has 0 bridgehead atoms. The van der Waals surface area contributed by atoms with Gasteiger partial charge in [-0.3, -0.25) is 0 Å². The minimum Gasteiger partial charge on any atom is -0.310 e. The van der Waals surface area contributed by atoms with E-state index in [1.807, 2.05) is 13.8 Å². The van der Waals surface area contributed by atoms with Crippen molar-refractivity contribution in [3.63, 3.8) is 0 Å². The number of halogens is 3. The molecule has 1 aromatic carbocycles. The maximum atomic E-state index is 13.9. The number of rotatable bonds is 6. The van der Waals surface area contributed by atoms with E-state index in [1.165, 1.54) is 12.1 Å². The summed E-state index contributed by atoms with van der Waals surface area (Å²) >= 11 is 3.10. The SMILES string of the molecule is CCCNC(CCC)c1c(F)ccc(Br)c1F. The topological polar surface area (TPSA) is 12.0 Å². The fourth-order valence-corrected chi connectivity index (χ4v) is 2.16. The summed E-state index contributed by atoms with van der Waals surface area (Å²) in [6.07, 6.45) is 2.55. The molecule has 0 heterocycles. The minimum atomic E-state index is -0.493. The predicted octanol–water partition coefficient (Wildman–Crippen LogP) is 4.57. The van der Waals surface area contributed by atoms with Crippen LogP contribution < -0.4 is 5.32 Å². The summed E-state index contributed by atoms with van der Waals surface area (Å²) < 4.78 is 28.0. The Kier molecular flexibility index (Phi) is 6.06. The molecule has 0 aliphatic carbocycles. The van der Waals surface area contributed by atoms with Crippen LogP contribution in [0.3, 0.4) is 0 Å². The smallest absolute Gasteiger partial charge is 0.145 e. The molecule has 1 nitrogen and oxygen atoms in total. The van der Waals surface area contributed by atoms with Crippen LogP contribution in [-0.4, -0.2) is 6.54 Å². The predicted molar refractivity (Wildman–Crippen MR) is 70.0 cm³/mol. The summed E-state index contributed by atoms with van der Waals surface area (Å²) in [5.41, 5.74) is 0.148.